The standard InChI is InChI=1S/C13H20N2O2S/c1-13(8-16)4-2-3-11(13)15-6-10-5-9(7-18-10)12(14)17/h5,7,11,15-16H,2-4,6,8H2,1H3,(H2,14,17). The quantitative estimate of drug-likeness (QED) is 0.757. The first-order valence-corrected chi connectivity index (χ1v) is 7.14. The van der Waals surface area contributed by atoms with Gasteiger partial charge in [0.1, 0.15) is 0 Å². The molecule has 1 aliphatic rings. The Bertz CT molecular complexity index is 432. The first-order chi connectivity index (χ1) is 8.55. The molecule has 2 atom stereocenters. The van der Waals surface area contributed by atoms with E-state index in [9.17, 15) is 9.90 Å². The van der Waals surface area contributed by atoms with Crippen molar-refractivity contribution in [3.05, 3.63) is 21.9 Å². The van der Waals surface area contributed by atoms with Crippen LogP contribution < -0.4 is 11.1 Å². The third-order valence-corrected chi connectivity index (χ3v) is 4.84. The fourth-order valence-corrected chi connectivity index (χ4v) is 3.42. The van der Waals surface area contributed by atoms with E-state index >= 15 is 0 Å². The van der Waals surface area contributed by atoms with Gasteiger partial charge in [-0.3, -0.25) is 4.79 Å². The summed E-state index contributed by atoms with van der Waals surface area (Å²) in [6.45, 7) is 3.08. The second-order valence-corrected chi connectivity index (χ2v) is 6.30. The first-order valence-electron chi connectivity index (χ1n) is 6.26. The molecule has 4 N–H and O–H groups in total. The molecule has 1 heterocycles. The van der Waals surface area contributed by atoms with Crippen LogP contribution in [-0.4, -0.2) is 23.7 Å². The van der Waals surface area contributed by atoms with Crippen LogP contribution >= 0.6 is 11.3 Å². The summed E-state index contributed by atoms with van der Waals surface area (Å²) in [4.78, 5) is 12.1. The van der Waals surface area contributed by atoms with Gasteiger partial charge in [-0.2, -0.15) is 0 Å². The van der Waals surface area contributed by atoms with Crippen molar-refractivity contribution in [3.8, 4) is 0 Å². The van der Waals surface area contributed by atoms with Crippen LogP contribution in [0.5, 0.6) is 0 Å². The van der Waals surface area contributed by atoms with E-state index in [2.05, 4.69) is 12.2 Å². The average molecular weight is 268 g/mol. The van der Waals surface area contributed by atoms with Crippen molar-refractivity contribution < 1.29 is 9.90 Å². The smallest absolute Gasteiger partial charge is 0.249 e. The van der Waals surface area contributed by atoms with Gasteiger partial charge in [0, 0.05) is 34.9 Å². The number of thiophene rings is 1. The van der Waals surface area contributed by atoms with Crippen LogP contribution in [0.25, 0.3) is 0 Å². The molecule has 0 aromatic carbocycles. The minimum absolute atomic E-state index is 0.0101. The van der Waals surface area contributed by atoms with Crippen LogP contribution in [0.15, 0.2) is 11.4 Å². The van der Waals surface area contributed by atoms with Gasteiger partial charge in [0.2, 0.25) is 5.91 Å². The van der Waals surface area contributed by atoms with E-state index in [0.29, 0.717) is 11.6 Å². The van der Waals surface area contributed by atoms with Crippen molar-refractivity contribution in [2.75, 3.05) is 6.61 Å². The molecular formula is C13H20N2O2S. The van der Waals surface area contributed by atoms with Crippen LogP contribution in [0.3, 0.4) is 0 Å². The van der Waals surface area contributed by atoms with Gasteiger partial charge in [0.25, 0.3) is 0 Å². The Kier molecular flexibility index (Phi) is 4.04. The van der Waals surface area contributed by atoms with E-state index in [1.54, 1.807) is 16.7 Å². The number of rotatable bonds is 5. The van der Waals surface area contributed by atoms with E-state index in [4.69, 9.17) is 5.73 Å². The molecule has 1 aliphatic carbocycles. The molecule has 100 valence electrons. The van der Waals surface area contributed by atoms with Crippen molar-refractivity contribution in [2.24, 2.45) is 11.1 Å². The maximum Gasteiger partial charge on any atom is 0.249 e. The first kappa shape index (κ1) is 13.5. The number of aliphatic hydroxyl groups is 1. The summed E-state index contributed by atoms with van der Waals surface area (Å²) in [6.07, 6.45) is 3.33. The highest BCUT2D eigenvalue weighted by Crippen LogP contribution is 2.37. The van der Waals surface area contributed by atoms with Gasteiger partial charge in [0.15, 0.2) is 0 Å². The summed E-state index contributed by atoms with van der Waals surface area (Å²) in [7, 11) is 0. The minimum atomic E-state index is -0.376. The van der Waals surface area contributed by atoms with E-state index in [1.807, 2.05) is 6.07 Å². The van der Waals surface area contributed by atoms with Crippen molar-refractivity contribution in [2.45, 2.75) is 38.8 Å². The number of primary amides is 1. The molecule has 5 heteroatoms. The number of hydrogen-bond acceptors (Lipinski definition) is 4. The van der Waals surface area contributed by atoms with Gasteiger partial charge in [-0.25, -0.2) is 0 Å². The molecule has 4 nitrogen and oxygen atoms in total. The fourth-order valence-electron chi connectivity index (χ4n) is 2.60. The lowest BCUT2D eigenvalue weighted by Gasteiger charge is -2.30. The van der Waals surface area contributed by atoms with Gasteiger partial charge in [-0.15, -0.1) is 11.3 Å². The molecule has 0 radical (unpaired) electrons. The summed E-state index contributed by atoms with van der Waals surface area (Å²) in [5, 5.41) is 14.8. The number of carbonyl (C=O) groups excluding carboxylic acids is 1. The predicted molar refractivity (Wildman–Crippen MR) is 72.5 cm³/mol. The molecule has 18 heavy (non-hydrogen) atoms. The zero-order valence-electron chi connectivity index (χ0n) is 10.6. The second kappa shape index (κ2) is 5.38. The monoisotopic (exact) mass is 268 g/mol. The Morgan fingerprint density at radius 3 is 3.11 bits per heavy atom. The average Bonchev–Trinajstić information content (AvgIpc) is 2.94. The zero-order valence-corrected chi connectivity index (χ0v) is 11.4. The Morgan fingerprint density at radius 2 is 2.50 bits per heavy atom. The highest BCUT2D eigenvalue weighted by Gasteiger charge is 2.37. The molecule has 0 spiro atoms. The van der Waals surface area contributed by atoms with Gasteiger partial charge in [-0.1, -0.05) is 13.3 Å². The molecule has 1 aromatic heterocycles. The maximum absolute atomic E-state index is 11.0. The van der Waals surface area contributed by atoms with E-state index < -0.39 is 0 Å². The molecule has 0 saturated heterocycles. The van der Waals surface area contributed by atoms with Crippen molar-refractivity contribution >= 4 is 17.2 Å². The van der Waals surface area contributed by atoms with Crippen molar-refractivity contribution in [1.29, 1.82) is 0 Å². The Hall–Kier alpha value is -0.910. The van der Waals surface area contributed by atoms with Crippen LogP contribution in [0.1, 0.15) is 41.4 Å². The highest BCUT2D eigenvalue weighted by molar-refractivity contribution is 7.10. The predicted octanol–water partition coefficient (Wildman–Crippen LogP) is 1.49. The Morgan fingerprint density at radius 1 is 1.72 bits per heavy atom. The number of nitrogens with two attached hydrogens (primary N) is 1. The van der Waals surface area contributed by atoms with Gasteiger partial charge in [0.05, 0.1) is 5.56 Å². The third-order valence-electron chi connectivity index (χ3n) is 3.90. The van der Waals surface area contributed by atoms with Crippen molar-refractivity contribution in [1.82, 2.24) is 5.32 Å². The normalized spacial score (nSPS) is 27.6. The molecule has 1 amide bonds. The number of carbonyl (C=O) groups is 1. The fraction of sp³-hybridized carbons (Fsp3) is 0.615. The highest BCUT2D eigenvalue weighted by atomic mass is 32.1. The SMILES string of the molecule is CC1(CO)CCCC1NCc1cc(C(N)=O)cs1. The summed E-state index contributed by atoms with van der Waals surface area (Å²) >= 11 is 1.54. The lowest BCUT2D eigenvalue weighted by molar-refractivity contribution is 0.100. The van der Waals surface area contributed by atoms with Gasteiger partial charge in [-0.05, 0) is 18.9 Å². The molecule has 1 fully saturated rings. The van der Waals surface area contributed by atoms with E-state index in [-0.39, 0.29) is 17.9 Å². The Labute approximate surface area is 111 Å². The van der Waals surface area contributed by atoms with Crippen LogP contribution in [0, 0.1) is 5.41 Å². The number of hydrogen-bond donors (Lipinski definition) is 3. The largest absolute Gasteiger partial charge is 0.396 e. The summed E-state index contributed by atoms with van der Waals surface area (Å²) in [5.74, 6) is -0.376. The third kappa shape index (κ3) is 2.74. The summed E-state index contributed by atoms with van der Waals surface area (Å²) in [5.41, 5.74) is 5.79. The molecule has 1 aromatic rings. The van der Waals surface area contributed by atoms with Crippen LogP contribution in [0.2, 0.25) is 0 Å². The zero-order chi connectivity index (χ0) is 13.2. The molecule has 0 bridgehead atoms. The molecule has 0 aliphatic heterocycles. The Balaban J connectivity index is 1.93. The van der Waals surface area contributed by atoms with Crippen LogP contribution in [0.4, 0.5) is 0 Å². The number of aliphatic hydroxyl groups excluding tert-OH is 1. The maximum atomic E-state index is 11.0. The molecule has 1 saturated carbocycles. The molecular weight excluding hydrogens is 248 g/mol. The second-order valence-electron chi connectivity index (χ2n) is 5.30. The van der Waals surface area contributed by atoms with E-state index in [0.717, 1.165) is 30.7 Å². The number of nitrogens with one attached hydrogen (secondary N) is 1. The van der Waals surface area contributed by atoms with E-state index in [1.165, 1.54) is 0 Å². The van der Waals surface area contributed by atoms with Gasteiger partial charge < -0.3 is 16.2 Å². The minimum Gasteiger partial charge on any atom is -0.396 e. The topological polar surface area (TPSA) is 75.3 Å². The van der Waals surface area contributed by atoms with Gasteiger partial charge >= 0.3 is 0 Å². The van der Waals surface area contributed by atoms with Crippen LogP contribution in [-0.2, 0) is 6.54 Å². The number of amides is 1. The molecule has 2 unspecified atom stereocenters. The summed E-state index contributed by atoms with van der Waals surface area (Å²) < 4.78 is 0. The van der Waals surface area contributed by atoms with Crippen molar-refractivity contribution in [3.63, 3.8) is 0 Å². The molecule has 2 rings (SSSR count). The summed E-state index contributed by atoms with van der Waals surface area (Å²) in [6, 6.07) is 2.19. The lowest BCUT2D eigenvalue weighted by Crippen LogP contribution is -2.41. The lowest BCUT2D eigenvalue weighted by atomic mass is 9.86.